The van der Waals surface area contributed by atoms with Gasteiger partial charge in [0.2, 0.25) is 0 Å². The number of anilines is 2. The fraction of sp³-hybridized carbons (Fsp3) is 0.519. The molecule has 3 atom stereocenters. The third-order valence-corrected chi connectivity index (χ3v) is 10.5. The summed E-state index contributed by atoms with van der Waals surface area (Å²) in [5.41, 5.74) is 1.09. The number of carbonyl (C=O) groups is 2. The lowest BCUT2D eigenvalue weighted by atomic mass is 9.72. The molecule has 2 N–H and O–H groups in total. The molecule has 13 heteroatoms. The van der Waals surface area contributed by atoms with E-state index in [2.05, 4.69) is 52.4 Å². The third-order valence-electron chi connectivity index (χ3n) is 7.59. The van der Waals surface area contributed by atoms with Crippen LogP contribution < -0.4 is 10.6 Å². The molecule has 1 amide bonds. The number of amides is 1. The molecule has 0 unspecified atom stereocenters. The first-order valence-corrected chi connectivity index (χ1v) is 15.6. The molecule has 1 aliphatic heterocycles. The summed E-state index contributed by atoms with van der Waals surface area (Å²) < 4.78 is 48.7. The van der Waals surface area contributed by atoms with E-state index in [4.69, 9.17) is 4.74 Å². The van der Waals surface area contributed by atoms with Gasteiger partial charge in [-0.1, -0.05) is 26.8 Å². The smallest absolute Gasteiger partial charge is 0.410 e. The van der Waals surface area contributed by atoms with Crippen LogP contribution in [0.3, 0.4) is 0 Å². The Bertz CT molecular complexity index is 1430. The fourth-order valence-electron chi connectivity index (χ4n) is 5.41. The molecular weight excluding hydrogens is 629 g/mol. The van der Waals surface area contributed by atoms with Crippen LogP contribution in [-0.4, -0.2) is 34.4 Å². The van der Waals surface area contributed by atoms with E-state index in [0.717, 1.165) is 32.8 Å². The number of esters is 1. The Balaban J connectivity index is 1.49. The van der Waals surface area contributed by atoms with Crippen LogP contribution >= 0.6 is 38.6 Å². The van der Waals surface area contributed by atoms with Crippen LogP contribution in [0.4, 0.5) is 24.0 Å². The van der Waals surface area contributed by atoms with Crippen LogP contribution in [0.2, 0.25) is 0 Å². The molecule has 4 heterocycles. The summed E-state index contributed by atoms with van der Waals surface area (Å²) in [5, 5.41) is 12.2. The van der Waals surface area contributed by atoms with Gasteiger partial charge in [0, 0.05) is 16.2 Å². The summed E-state index contributed by atoms with van der Waals surface area (Å²) in [6.45, 7) is 8.46. The molecule has 1 aliphatic carbocycles. The van der Waals surface area contributed by atoms with Gasteiger partial charge in [-0.05, 0) is 70.5 Å². The average Bonchev–Trinajstić information content (AvgIpc) is 3.60. The first-order valence-electron chi connectivity index (χ1n) is 13.1. The van der Waals surface area contributed by atoms with E-state index in [1.165, 1.54) is 22.7 Å². The minimum Gasteiger partial charge on any atom is -0.462 e. The van der Waals surface area contributed by atoms with Crippen molar-refractivity contribution < 1.29 is 27.5 Å². The van der Waals surface area contributed by atoms with Crippen LogP contribution in [0.5, 0.6) is 0 Å². The molecule has 7 nitrogen and oxygen atoms in total. The van der Waals surface area contributed by atoms with Crippen LogP contribution in [0.25, 0.3) is 0 Å². The van der Waals surface area contributed by atoms with Crippen molar-refractivity contribution >= 4 is 61.3 Å². The van der Waals surface area contributed by atoms with Gasteiger partial charge in [0.25, 0.3) is 5.91 Å². The van der Waals surface area contributed by atoms with Crippen molar-refractivity contribution in [3.05, 3.63) is 48.6 Å². The zero-order chi connectivity index (χ0) is 29.0. The molecule has 40 heavy (non-hydrogen) atoms. The summed E-state index contributed by atoms with van der Waals surface area (Å²) in [5.74, 6) is -0.736. The van der Waals surface area contributed by atoms with E-state index in [0.29, 0.717) is 22.9 Å². The highest BCUT2D eigenvalue weighted by atomic mass is 79.9. The zero-order valence-electron chi connectivity index (χ0n) is 22.4. The lowest BCUT2D eigenvalue weighted by Crippen LogP contribution is -2.35. The number of carbonyl (C=O) groups excluding carboxylic acids is 2. The lowest BCUT2D eigenvalue weighted by Gasteiger charge is -2.33. The summed E-state index contributed by atoms with van der Waals surface area (Å²) in [6, 6.07) is 1.07. The predicted octanol–water partition coefficient (Wildman–Crippen LogP) is 8.01. The molecule has 0 spiro atoms. The number of fused-ring (bicyclic) bond motifs is 2. The number of nitrogens with zero attached hydrogens (tertiary/aromatic N) is 2. The molecular formula is C27H30BrF3N4O3S2. The third kappa shape index (κ3) is 5.44. The second-order valence-electron chi connectivity index (χ2n) is 11.1. The second-order valence-corrected chi connectivity index (χ2v) is 14.0. The number of ether oxygens (including phenoxy) is 1. The summed E-state index contributed by atoms with van der Waals surface area (Å²) >= 11 is 6.03. The van der Waals surface area contributed by atoms with Crippen molar-refractivity contribution in [2.45, 2.75) is 71.6 Å². The van der Waals surface area contributed by atoms with Gasteiger partial charge in [-0.15, -0.1) is 22.7 Å². The molecule has 5 rings (SSSR count). The average molecular weight is 660 g/mol. The number of halogens is 4. The van der Waals surface area contributed by atoms with Crippen molar-refractivity contribution in [1.82, 2.24) is 9.78 Å². The van der Waals surface area contributed by atoms with E-state index < -0.39 is 30.1 Å². The quantitative estimate of drug-likeness (QED) is 0.271. The Morgan fingerprint density at radius 2 is 2.05 bits per heavy atom. The Morgan fingerprint density at radius 3 is 2.67 bits per heavy atom. The van der Waals surface area contributed by atoms with E-state index >= 15 is 0 Å². The first-order chi connectivity index (χ1) is 18.8. The number of rotatable bonds is 5. The van der Waals surface area contributed by atoms with Crippen LogP contribution in [0.15, 0.2) is 22.0 Å². The Morgan fingerprint density at radius 1 is 1.30 bits per heavy atom. The minimum atomic E-state index is -4.57. The van der Waals surface area contributed by atoms with Crippen molar-refractivity contribution in [2.24, 2.45) is 11.3 Å². The number of hydrogen-bond acceptors (Lipinski definition) is 7. The van der Waals surface area contributed by atoms with Crippen LogP contribution in [0.1, 0.15) is 88.8 Å². The highest BCUT2D eigenvalue weighted by Crippen LogP contribution is 2.48. The maximum absolute atomic E-state index is 14.1. The van der Waals surface area contributed by atoms with E-state index in [1.54, 1.807) is 19.1 Å². The Hall–Kier alpha value is -2.38. The molecule has 0 radical (unpaired) electrons. The standard InChI is InChI=1S/C27H30BrF3N4O3S2/c1-5-38-25(37)19-14-9-8-13(26(2,3)4)11-17(14)40-24(19)33-23(36)21-20(28)22-32-15(16-7-6-10-39-16)12-18(27(29,30)31)35(22)34-21/h6-7,10,13,15,18,32H,5,8-9,11-12H2,1-4H3,(H,33,36)/t13-,15+,18+/m1/s1. The summed E-state index contributed by atoms with van der Waals surface area (Å²) in [7, 11) is 0. The van der Waals surface area contributed by atoms with Gasteiger partial charge in [0.1, 0.15) is 10.8 Å². The van der Waals surface area contributed by atoms with E-state index in [1.807, 2.05) is 5.38 Å². The van der Waals surface area contributed by atoms with Gasteiger partial charge in [0.05, 0.1) is 22.7 Å². The number of aromatic nitrogens is 2. The molecule has 216 valence electrons. The first kappa shape index (κ1) is 29.1. The molecule has 0 saturated carbocycles. The molecule has 0 aromatic carbocycles. The van der Waals surface area contributed by atoms with Crippen LogP contribution in [-0.2, 0) is 17.6 Å². The maximum atomic E-state index is 14.1. The molecule has 3 aromatic rings. The summed E-state index contributed by atoms with van der Waals surface area (Å²) in [4.78, 5) is 28.3. The topological polar surface area (TPSA) is 85.2 Å². The highest BCUT2D eigenvalue weighted by Gasteiger charge is 2.48. The van der Waals surface area contributed by atoms with Gasteiger partial charge in [-0.2, -0.15) is 18.3 Å². The monoisotopic (exact) mass is 658 g/mol. The van der Waals surface area contributed by atoms with Gasteiger partial charge in [-0.25, -0.2) is 9.48 Å². The number of alkyl halides is 3. The van der Waals surface area contributed by atoms with E-state index in [9.17, 15) is 22.8 Å². The SMILES string of the molecule is CCOC(=O)c1c(NC(=O)c2nn3c(c2Br)N[C@H](c2cccs2)C[C@H]3C(F)(F)F)sc2c1CC[C@@H](C(C)(C)C)C2. The molecule has 0 fully saturated rings. The second kappa shape index (κ2) is 10.8. The predicted molar refractivity (Wildman–Crippen MR) is 154 cm³/mol. The summed E-state index contributed by atoms with van der Waals surface area (Å²) in [6.07, 6.45) is -2.47. The molecule has 0 saturated heterocycles. The zero-order valence-corrected chi connectivity index (χ0v) is 25.7. The number of nitrogens with one attached hydrogen (secondary N) is 2. The van der Waals surface area contributed by atoms with Crippen molar-refractivity contribution in [3.63, 3.8) is 0 Å². The van der Waals surface area contributed by atoms with E-state index in [-0.39, 0.29) is 34.4 Å². The van der Waals surface area contributed by atoms with Gasteiger partial charge >= 0.3 is 12.1 Å². The van der Waals surface area contributed by atoms with Crippen molar-refractivity contribution in [1.29, 1.82) is 0 Å². The van der Waals surface area contributed by atoms with Gasteiger partial charge in [0.15, 0.2) is 11.7 Å². The molecule has 2 aliphatic rings. The lowest BCUT2D eigenvalue weighted by molar-refractivity contribution is -0.173. The van der Waals surface area contributed by atoms with Gasteiger partial charge < -0.3 is 15.4 Å². The normalized spacial score (nSPS) is 20.9. The fourth-order valence-corrected chi connectivity index (χ4v) is 8.06. The number of hydrogen-bond donors (Lipinski definition) is 2. The minimum absolute atomic E-state index is 0.0819. The number of thiophene rings is 2. The van der Waals surface area contributed by atoms with Crippen LogP contribution in [0, 0.1) is 11.3 Å². The Labute approximate surface area is 246 Å². The molecule has 3 aromatic heterocycles. The largest absolute Gasteiger partial charge is 0.462 e. The Kier molecular flexibility index (Phi) is 7.86. The van der Waals surface area contributed by atoms with Crippen molar-refractivity contribution in [3.8, 4) is 0 Å². The van der Waals surface area contributed by atoms with Crippen molar-refractivity contribution in [2.75, 3.05) is 17.2 Å². The van der Waals surface area contributed by atoms with Gasteiger partial charge in [-0.3, -0.25) is 4.79 Å². The maximum Gasteiger partial charge on any atom is 0.410 e. The highest BCUT2D eigenvalue weighted by molar-refractivity contribution is 9.10. The molecule has 0 bridgehead atoms.